The fraction of sp³-hybridized carbons (Fsp3) is 0.417. The first-order valence-electron chi connectivity index (χ1n) is 5.45. The summed E-state index contributed by atoms with van der Waals surface area (Å²) in [6, 6.07) is 4.96. The molecular weight excluding hydrogens is 222 g/mol. The van der Waals surface area contributed by atoms with Crippen LogP contribution in [-0.2, 0) is 4.84 Å². The summed E-state index contributed by atoms with van der Waals surface area (Å²) in [7, 11) is 1.53. The summed E-state index contributed by atoms with van der Waals surface area (Å²) >= 11 is 0. The van der Waals surface area contributed by atoms with E-state index in [0.29, 0.717) is 30.3 Å². The maximum absolute atomic E-state index is 11.6. The Kier molecular flexibility index (Phi) is 5.29. The molecule has 1 N–H and O–H groups in total. The highest BCUT2D eigenvalue weighted by Crippen LogP contribution is 2.27. The van der Waals surface area contributed by atoms with E-state index in [2.05, 4.69) is 5.48 Å². The Hall–Kier alpha value is -1.75. The van der Waals surface area contributed by atoms with Crippen LogP contribution >= 0.6 is 0 Å². The fourth-order valence-electron chi connectivity index (χ4n) is 1.28. The molecule has 0 heterocycles. The SMILES string of the molecule is CCONC(=O)c1ccc(OCC)c(OC)c1. The van der Waals surface area contributed by atoms with Crippen molar-refractivity contribution in [3.8, 4) is 11.5 Å². The molecule has 5 nitrogen and oxygen atoms in total. The highest BCUT2D eigenvalue weighted by molar-refractivity contribution is 5.94. The molecule has 1 amide bonds. The molecule has 0 aliphatic carbocycles. The number of nitrogens with one attached hydrogen (secondary N) is 1. The van der Waals surface area contributed by atoms with Crippen molar-refractivity contribution in [3.63, 3.8) is 0 Å². The number of carbonyl (C=O) groups excluding carboxylic acids is 1. The first-order valence-corrected chi connectivity index (χ1v) is 5.45. The van der Waals surface area contributed by atoms with E-state index in [1.165, 1.54) is 7.11 Å². The average molecular weight is 239 g/mol. The van der Waals surface area contributed by atoms with Crippen LogP contribution in [0.5, 0.6) is 11.5 Å². The molecule has 1 aromatic carbocycles. The van der Waals surface area contributed by atoms with Crippen molar-refractivity contribution in [1.82, 2.24) is 5.48 Å². The minimum atomic E-state index is -0.312. The van der Waals surface area contributed by atoms with Crippen molar-refractivity contribution in [3.05, 3.63) is 23.8 Å². The van der Waals surface area contributed by atoms with E-state index in [1.807, 2.05) is 6.92 Å². The number of hydroxylamine groups is 1. The monoisotopic (exact) mass is 239 g/mol. The van der Waals surface area contributed by atoms with Gasteiger partial charge >= 0.3 is 0 Å². The smallest absolute Gasteiger partial charge is 0.274 e. The molecule has 0 bridgehead atoms. The lowest BCUT2D eigenvalue weighted by Crippen LogP contribution is -2.23. The van der Waals surface area contributed by atoms with Gasteiger partial charge in [0.1, 0.15) is 0 Å². The second-order valence-corrected chi connectivity index (χ2v) is 3.16. The molecule has 0 saturated heterocycles. The minimum Gasteiger partial charge on any atom is -0.493 e. The van der Waals surface area contributed by atoms with Gasteiger partial charge in [0.25, 0.3) is 5.91 Å². The first-order chi connectivity index (χ1) is 8.22. The summed E-state index contributed by atoms with van der Waals surface area (Å²) in [4.78, 5) is 16.4. The summed E-state index contributed by atoms with van der Waals surface area (Å²) in [6.45, 7) is 4.63. The Balaban J connectivity index is 2.84. The predicted molar refractivity (Wildman–Crippen MR) is 63.3 cm³/mol. The quantitative estimate of drug-likeness (QED) is 0.769. The van der Waals surface area contributed by atoms with Gasteiger partial charge in [-0.05, 0) is 32.0 Å². The first kappa shape index (κ1) is 13.3. The van der Waals surface area contributed by atoms with Crippen LogP contribution in [0.3, 0.4) is 0 Å². The lowest BCUT2D eigenvalue weighted by atomic mass is 10.2. The number of ether oxygens (including phenoxy) is 2. The fourth-order valence-corrected chi connectivity index (χ4v) is 1.28. The van der Waals surface area contributed by atoms with Crippen molar-refractivity contribution in [2.24, 2.45) is 0 Å². The average Bonchev–Trinajstić information content (AvgIpc) is 2.36. The van der Waals surface area contributed by atoms with Crippen molar-refractivity contribution < 1.29 is 19.1 Å². The van der Waals surface area contributed by atoms with E-state index in [-0.39, 0.29) is 5.91 Å². The lowest BCUT2D eigenvalue weighted by Gasteiger charge is -2.10. The summed E-state index contributed by atoms with van der Waals surface area (Å²) in [5.41, 5.74) is 2.77. The summed E-state index contributed by atoms with van der Waals surface area (Å²) in [5, 5.41) is 0. The normalized spacial score (nSPS) is 9.82. The van der Waals surface area contributed by atoms with E-state index in [1.54, 1.807) is 25.1 Å². The zero-order valence-corrected chi connectivity index (χ0v) is 10.3. The molecule has 0 unspecified atom stereocenters. The van der Waals surface area contributed by atoms with E-state index in [4.69, 9.17) is 14.3 Å². The van der Waals surface area contributed by atoms with Gasteiger partial charge in [0.05, 0.1) is 20.3 Å². The molecule has 0 aliphatic heterocycles. The Morgan fingerprint density at radius 3 is 2.59 bits per heavy atom. The summed E-state index contributed by atoms with van der Waals surface area (Å²) in [5.74, 6) is 0.826. The molecule has 1 rings (SSSR count). The van der Waals surface area contributed by atoms with E-state index < -0.39 is 0 Å². The van der Waals surface area contributed by atoms with Crippen molar-refractivity contribution >= 4 is 5.91 Å². The molecule has 0 fully saturated rings. The Morgan fingerprint density at radius 2 is 2.00 bits per heavy atom. The number of rotatable bonds is 6. The predicted octanol–water partition coefficient (Wildman–Crippen LogP) is 1.78. The molecule has 5 heteroatoms. The van der Waals surface area contributed by atoms with Crippen molar-refractivity contribution in [2.45, 2.75) is 13.8 Å². The van der Waals surface area contributed by atoms with E-state index in [9.17, 15) is 4.79 Å². The van der Waals surface area contributed by atoms with Gasteiger partial charge in [-0.1, -0.05) is 0 Å². The van der Waals surface area contributed by atoms with Crippen molar-refractivity contribution in [1.29, 1.82) is 0 Å². The number of hydrogen-bond donors (Lipinski definition) is 1. The van der Waals surface area contributed by atoms with Crippen LogP contribution in [0.4, 0.5) is 0 Å². The number of hydrogen-bond acceptors (Lipinski definition) is 4. The van der Waals surface area contributed by atoms with Crippen LogP contribution < -0.4 is 15.0 Å². The number of methoxy groups -OCH3 is 1. The third-order valence-corrected chi connectivity index (χ3v) is 2.03. The third kappa shape index (κ3) is 3.64. The molecule has 0 atom stereocenters. The van der Waals surface area contributed by atoms with Crippen LogP contribution in [0, 0.1) is 0 Å². The largest absolute Gasteiger partial charge is 0.493 e. The Bertz CT molecular complexity index is 379. The van der Waals surface area contributed by atoms with Crippen LogP contribution in [0.25, 0.3) is 0 Å². The Labute approximate surface area is 101 Å². The summed E-state index contributed by atoms with van der Waals surface area (Å²) in [6.07, 6.45) is 0. The molecule has 0 saturated carbocycles. The van der Waals surface area contributed by atoms with Gasteiger partial charge in [-0.15, -0.1) is 0 Å². The van der Waals surface area contributed by atoms with E-state index >= 15 is 0 Å². The minimum absolute atomic E-state index is 0.312. The molecular formula is C12H17NO4. The van der Waals surface area contributed by atoms with Gasteiger partial charge in [-0.25, -0.2) is 5.48 Å². The second-order valence-electron chi connectivity index (χ2n) is 3.16. The zero-order chi connectivity index (χ0) is 12.7. The molecule has 0 aliphatic rings. The molecule has 0 spiro atoms. The number of amides is 1. The highest BCUT2D eigenvalue weighted by Gasteiger charge is 2.10. The maximum atomic E-state index is 11.6. The van der Waals surface area contributed by atoms with Gasteiger partial charge in [-0.3, -0.25) is 9.63 Å². The summed E-state index contributed by atoms with van der Waals surface area (Å²) < 4.78 is 10.5. The molecule has 94 valence electrons. The van der Waals surface area contributed by atoms with Crippen LogP contribution in [0.2, 0.25) is 0 Å². The van der Waals surface area contributed by atoms with Crippen LogP contribution in [-0.4, -0.2) is 26.2 Å². The van der Waals surface area contributed by atoms with Gasteiger partial charge in [0, 0.05) is 5.56 Å². The van der Waals surface area contributed by atoms with Gasteiger partial charge in [0.15, 0.2) is 11.5 Å². The van der Waals surface area contributed by atoms with E-state index in [0.717, 1.165) is 0 Å². The maximum Gasteiger partial charge on any atom is 0.274 e. The molecule has 1 aromatic rings. The number of benzene rings is 1. The van der Waals surface area contributed by atoms with Gasteiger partial charge in [-0.2, -0.15) is 0 Å². The molecule has 0 radical (unpaired) electrons. The Morgan fingerprint density at radius 1 is 1.24 bits per heavy atom. The van der Waals surface area contributed by atoms with Crippen molar-refractivity contribution in [2.75, 3.05) is 20.3 Å². The third-order valence-electron chi connectivity index (χ3n) is 2.03. The standard InChI is InChI=1S/C12H17NO4/c1-4-16-10-7-6-9(8-11(10)15-3)12(14)13-17-5-2/h6-8H,4-5H2,1-3H3,(H,13,14). The highest BCUT2D eigenvalue weighted by atomic mass is 16.6. The van der Waals surface area contributed by atoms with Crippen LogP contribution in [0.15, 0.2) is 18.2 Å². The van der Waals surface area contributed by atoms with Gasteiger partial charge in [0.2, 0.25) is 0 Å². The number of carbonyl (C=O) groups is 1. The van der Waals surface area contributed by atoms with Crippen LogP contribution in [0.1, 0.15) is 24.2 Å². The molecule has 0 aromatic heterocycles. The second kappa shape index (κ2) is 6.75. The lowest BCUT2D eigenvalue weighted by molar-refractivity contribution is 0.0364. The zero-order valence-electron chi connectivity index (χ0n) is 10.3. The molecule has 17 heavy (non-hydrogen) atoms. The topological polar surface area (TPSA) is 56.8 Å². The van der Waals surface area contributed by atoms with Gasteiger partial charge < -0.3 is 9.47 Å².